The van der Waals surface area contributed by atoms with Crippen molar-refractivity contribution in [1.29, 1.82) is 0 Å². The van der Waals surface area contributed by atoms with Crippen molar-refractivity contribution < 1.29 is 19.4 Å². The number of fused-ring (bicyclic) bond motifs is 1. The summed E-state index contributed by atoms with van der Waals surface area (Å²) in [6.45, 7) is 2.47. The van der Waals surface area contributed by atoms with E-state index in [2.05, 4.69) is 20.9 Å². The summed E-state index contributed by atoms with van der Waals surface area (Å²) in [5.74, 6) is 0.393. The molecule has 1 aliphatic heterocycles. The average molecular weight is 578 g/mol. The molecule has 212 valence electrons. The van der Waals surface area contributed by atoms with Crippen LogP contribution in [0.2, 0.25) is 5.02 Å². The third-order valence-electron chi connectivity index (χ3n) is 7.27. The van der Waals surface area contributed by atoms with Crippen LogP contribution in [-0.2, 0) is 22.4 Å². The molecular weight excluding hydrogens is 539 g/mol. The van der Waals surface area contributed by atoms with Crippen molar-refractivity contribution in [1.82, 2.24) is 15.5 Å². The molecule has 0 radical (unpaired) electrons. The lowest BCUT2D eigenvalue weighted by Crippen LogP contribution is -2.46. The van der Waals surface area contributed by atoms with Crippen LogP contribution >= 0.6 is 23.2 Å². The number of benzene rings is 2. The highest BCUT2D eigenvalue weighted by molar-refractivity contribution is 6.30. The lowest BCUT2D eigenvalue weighted by atomic mass is 9.94. The topological polar surface area (TPSA) is 103 Å². The molecule has 2 aliphatic rings. The smallest absolute Gasteiger partial charge is 0.262 e. The van der Waals surface area contributed by atoms with Gasteiger partial charge in [-0.3, -0.25) is 9.59 Å². The second-order valence-corrected chi connectivity index (χ2v) is 11.1. The molecular formula is C29H38Cl2N4O4. The van der Waals surface area contributed by atoms with Crippen LogP contribution in [0.1, 0.15) is 49.7 Å². The number of halogens is 2. The van der Waals surface area contributed by atoms with Gasteiger partial charge in [0.05, 0.1) is 5.50 Å². The molecule has 1 fully saturated rings. The maximum atomic E-state index is 13.3. The number of phenols is 1. The third kappa shape index (κ3) is 8.73. The number of phenolic OH excluding ortho intramolecular Hbond substituents is 1. The van der Waals surface area contributed by atoms with Crippen molar-refractivity contribution in [3.05, 3.63) is 52.5 Å². The third-order valence-corrected chi connectivity index (χ3v) is 7.82. The summed E-state index contributed by atoms with van der Waals surface area (Å²) in [6, 6.07) is 11.3. The molecule has 8 nitrogen and oxygen atoms in total. The first kappa shape index (κ1) is 29.5. The number of aromatic hydroxyl groups is 1. The highest BCUT2D eigenvalue weighted by atomic mass is 35.5. The van der Waals surface area contributed by atoms with Gasteiger partial charge in [-0.1, -0.05) is 49.1 Å². The number of ether oxygens (including phenoxy) is 1. The highest BCUT2D eigenvalue weighted by Gasteiger charge is 2.25. The molecule has 0 aromatic heterocycles. The summed E-state index contributed by atoms with van der Waals surface area (Å²) in [7, 11) is 0. The number of carbonyl (C=O) groups excluding carboxylic acids is 2. The summed E-state index contributed by atoms with van der Waals surface area (Å²) >= 11 is 12.5. The number of hydrogen-bond acceptors (Lipinski definition) is 6. The lowest BCUT2D eigenvalue weighted by molar-refractivity contribution is -0.134. The van der Waals surface area contributed by atoms with E-state index < -0.39 is 0 Å². The van der Waals surface area contributed by atoms with Gasteiger partial charge in [-0.15, -0.1) is 11.6 Å². The molecule has 4 rings (SSSR count). The zero-order chi connectivity index (χ0) is 27.6. The summed E-state index contributed by atoms with van der Waals surface area (Å²) in [5.41, 5.74) is 2.03. The van der Waals surface area contributed by atoms with Crippen molar-refractivity contribution in [2.24, 2.45) is 0 Å². The molecule has 4 N–H and O–H groups in total. The van der Waals surface area contributed by atoms with E-state index in [1.54, 1.807) is 6.07 Å². The minimum Gasteiger partial charge on any atom is -0.506 e. The van der Waals surface area contributed by atoms with Gasteiger partial charge in [-0.25, -0.2) is 0 Å². The van der Waals surface area contributed by atoms with Crippen LogP contribution in [0.3, 0.4) is 0 Å². The van der Waals surface area contributed by atoms with E-state index in [9.17, 15) is 14.7 Å². The van der Waals surface area contributed by atoms with Crippen LogP contribution in [-0.4, -0.2) is 66.1 Å². The number of anilines is 1. The summed E-state index contributed by atoms with van der Waals surface area (Å²) in [6.07, 6.45) is 7.35. The molecule has 1 unspecified atom stereocenters. The van der Waals surface area contributed by atoms with Crippen LogP contribution in [0.15, 0.2) is 36.4 Å². The fourth-order valence-corrected chi connectivity index (χ4v) is 5.78. The van der Waals surface area contributed by atoms with Crippen molar-refractivity contribution in [3.8, 4) is 11.5 Å². The number of nitrogens with one attached hydrogen (secondary N) is 3. The van der Waals surface area contributed by atoms with Crippen LogP contribution in [0.25, 0.3) is 0 Å². The molecule has 10 heteroatoms. The van der Waals surface area contributed by atoms with Crippen molar-refractivity contribution in [2.75, 3.05) is 38.1 Å². The van der Waals surface area contributed by atoms with Crippen LogP contribution in [0, 0.1) is 0 Å². The predicted molar refractivity (Wildman–Crippen MR) is 155 cm³/mol. The predicted octanol–water partition coefficient (Wildman–Crippen LogP) is 4.46. The minimum absolute atomic E-state index is 0.00386. The van der Waals surface area contributed by atoms with Crippen molar-refractivity contribution in [2.45, 2.75) is 62.9 Å². The van der Waals surface area contributed by atoms with Crippen molar-refractivity contribution in [3.63, 3.8) is 0 Å². The maximum absolute atomic E-state index is 13.3. The molecule has 1 saturated carbocycles. The Balaban J connectivity index is 1.23. The largest absolute Gasteiger partial charge is 0.506 e. The first-order chi connectivity index (χ1) is 18.9. The first-order valence-corrected chi connectivity index (χ1v) is 14.6. The Kier molecular flexibility index (Phi) is 11.1. The van der Waals surface area contributed by atoms with E-state index in [4.69, 9.17) is 27.9 Å². The Bertz CT molecular complexity index is 1130. The maximum Gasteiger partial charge on any atom is 0.262 e. The van der Waals surface area contributed by atoms with Gasteiger partial charge in [-0.2, -0.15) is 0 Å². The van der Waals surface area contributed by atoms with Gasteiger partial charge < -0.3 is 30.7 Å². The van der Waals surface area contributed by atoms with Crippen LogP contribution < -0.4 is 20.7 Å². The van der Waals surface area contributed by atoms with Gasteiger partial charge in [-0.05, 0) is 55.1 Å². The molecule has 1 atom stereocenters. The summed E-state index contributed by atoms with van der Waals surface area (Å²) in [4.78, 5) is 26.9. The second kappa shape index (κ2) is 14.7. The molecule has 1 aliphatic carbocycles. The summed E-state index contributed by atoms with van der Waals surface area (Å²) in [5, 5.41) is 20.1. The molecule has 0 saturated heterocycles. The lowest BCUT2D eigenvalue weighted by Gasteiger charge is -2.35. The highest BCUT2D eigenvalue weighted by Crippen LogP contribution is 2.39. The standard InChI is InChI=1S/C29H38Cl2N4O4/c30-22-6-4-5-20(17-22)18-25(31)33-14-12-27(38)35(23-7-2-1-3-8-23)16-15-32-13-11-21-9-10-24(36)28-29(21)39-19-26(37)34-28/h4-6,9-10,17,23,25,32-33,36H,1-3,7-8,11-16,18-19H2,(H,34,37). The number of carbonyl (C=O) groups is 2. The SMILES string of the molecule is O=C1COc2c(CCNCCN(C(=O)CCNC(Cl)Cc3cccc(Cl)c3)C3CCCCC3)ccc(O)c2N1. The Labute approximate surface area is 240 Å². The first-order valence-electron chi connectivity index (χ1n) is 13.8. The minimum atomic E-state index is -0.279. The van der Waals surface area contributed by atoms with E-state index >= 15 is 0 Å². The van der Waals surface area contributed by atoms with Crippen LogP contribution in [0.4, 0.5) is 5.69 Å². The molecule has 2 amide bonds. The Morgan fingerprint density at radius 2 is 1.97 bits per heavy atom. The molecule has 1 heterocycles. The number of alkyl halides is 1. The molecule has 2 aromatic carbocycles. The van der Waals surface area contributed by atoms with E-state index in [1.807, 2.05) is 30.3 Å². The fraction of sp³-hybridized carbons (Fsp3) is 0.517. The average Bonchev–Trinajstić information content (AvgIpc) is 2.92. The van der Waals surface area contributed by atoms with Crippen LogP contribution in [0.5, 0.6) is 11.5 Å². The molecule has 2 aromatic rings. The van der Waals surface area contributed by atoms with Gasteiger partial charge in [0.15, 0.2) is 12.4 Å². The van der Waals surface area contributed by atoms with Crippen molar-refractivity contribution >= 4 is 40.7 Å². The van der Waals surface area contributed by atoms with Gasteiger partial charge in [0.2, 0.25) is 5.91 Å². The van der Waals surface area contributed by atoms with E-state index in [1.165, 1.54) is 6.42 Å². The van der Waals surface area contributed by atoms with E-state index in [0.717, 1.165) is 36.8 Å². The van der Waals surface area contributed by atoms with Gasteiger partial charge >= 0.3 is 0 Å². The van der Waals surface area contributed by atoms with E-state index in [-0.39, 0.29) is 35.7 Å². The summed E-state index contributed by atoms with van der Waals surface area (Å²) < 4.78 is 5.57. The Morgan fingerprint density at radius 1 is 1.15 bits per heavy atom. The molecule has 0 bridgehead atoms. The monoisotopic (exact) mass is 576 g/mol. The Hall–Kier alpha value is -2.52. The molecule has 39 heavy (non-hydrogen) atoms. The quantitative estimate of drug-likeness (QED) is 0.121. The Morgan fingerprint density at radius 3 is 2.77 bits per heavy atom. The zero-order valence-electron chi connectivity index (χ0n) is 22.2. The number of amides is 2. The van der Waals surface area contributed by atoms with E-state index in [0.29, 0.717) is 61.9 Å². The number of rotatable bonds is 13. The number of nitrogens with zero attached hydrogens (tertiary/aromatic N) is 1. The number of hydrogen-bond donors (Lipinski definition) is 4. The van der Waals surface area contributed by atoms with Gasteiger partial charge in [0.1, 0.15) is 11.4 Å². The zero-order valence-corrected chi connectivity index (χ0v) is 23.7. The van der Waals surface area contributed by atoms with Gasteiger partial charge in [0, 0.05) is 43.5 Å². The second-order valence-electron chi connectivity index (χ2n) is 10.2. The molecule has 0 spiro atoms. The van der Waals surface area contributed by atoms with Gasteiger partial charge in [0.25, 0.3) is 5.91 Å². The normalized spacial score (nSPS) is 16.2. The fourth-order valence-electron chi connectivity index (χ4n) is 5.28.